The predicted molar refractivity (Wildman–Crippen MR) is 218 cm³/mol. The van der Waals surface area contributed by atoms with Crippen LogP contribution in [0.3, 0.4) is 0 Å². The van der Waals surface area contributed by atoms with Gasteiger partial charge in [0.15, 0.2) is 0 Å². The second-order valence-corrected chi connectivity index (χ2v) is 31.7. The second-order valence-electron chi connectivity index (χ2n) is 13.9. The van der Waals surface area contributed by atoms with E-state index in [4.69, 9.17) is 16.5 Å². The highest BCUT2D eigenvalue weighted by Crippen LogP contribution is 2.29. The highest BCUT2D eigenvalue weighted by Gasteiger charge is 2.54. The number of benzene rings is 5. The van der Waals surface area contributed by atoms with Crippen molar-refractivity contribution in [1.82, 2.24) is 0 Å². The normalized spacial score (nSPS) is 16.9. The summed E-state index contributed by atoms with van der Waals surface area (Å²) in [6, 6.07) is 54.3. The average molecular weight is 737 g/mol. The molecule has 0 aliphatic rings. The fourth-order valence-corrected chi connectivity index (χ4v) is 31.4. The molecule has 0 aliphatic heterocycles. The Kier molecular flexibility index (Phi) is 12.1. The summed E-state index contributed by atoms with van der Waals surface area (Å²) in [4.78, 5) is 0. The van der Waals surface area contributed by atoms with E-state index in [0.717, 1.165) is 34.4 Å². The quantitative estimate of drug-likeness (QED) is 0.0992. The Labute approximate surface area is 300 Å². The van der Waals surface area contributed by atoms with E-state index in [2.05, 4.69) is 198 Å². The molecule has 0 bridgehead atoms. The summed E-state index contributed by atoms with van der Waals surface area (Å²) < 4.78 is 30.6. The van der Waals surface area contributed by atoms with Gasteiger partial charge in [-0.25, -0.2) is 0 Å². The van der Waals surface area contributed by atoms with Gasteiger partial charge in [0.2, 0.25) is 16.6 Å². The van der Waals surface area contributed by atoms with Crippen LogP contribution in [0.1, 0.15) is 19.8 Å². The summed E-state index contributed by atoms with van der Waals surface area (Å²) in [5.41, 5.74) is 0. The molecule has 5 rings (SSSR count). The molecule has 5 aromatic carbocycles. The van der Waals surface area contributed by atoms with Crippen molar-refractivity contribution < 1.29 is 16.5 Å². The molecule has 4 unspecified atom stereocenters. The Balaban J connectivity index is 1.65. The first-order valence-electron chi connectivity index (χ1n) is 17.5. The Bertz CT molecular complexity index is 1730. The molecule has 0 N–H and O–H groups in total. The van der Waals surface area contributed by atoms with Gasteiger partial charge in [0.1, 0.15) is 0 Å². The van der Waals surface area contributed by atoms with Crippen molar-refractivity contribution in [3.05, 3.63) is 152 Å². The highest BCUT2D eigenvalue weighted by atomic mass is 28.5. The molecule has 0 saturated carbocycles. The van der Waals surface area contributed by atoms with Crippen LogP contribution in [0.4, 0.5) is 0 Å². The highest BCUT2D eigenvalue weighted by molar-refractivity contribution is 7.03. The van der Waals surface area contributed by atoms with Crippen molar-refractivity contribution in [1.29, 1.82) is 0 Å². The zero-order chi connectivity index (χ0) is 35.0. The van der Waals surface area contributed by atoms with Crippen molar-refractivity contribution in [3.63, 3.8) is 0 Å². The minimum absolute atomic E-state index is 1.02. The third kappa shape index (κ3) is 9.04. The van der Waals surface area contributed by atoms with Crippen molar-refractivity contribution >= 4 is 68.3 Å². The first kappa shape index (κ1) is 37.3. The first-order valence-corrected chi connectivity index (χ1v) is 30.0. The Morgan fingerprint density at radius 2 is 0.673 bits per heavy atom. The largest absolute Gasteiger partial charge is 0.429 e. The summed E-state index contributed by atoms with van der Waals surface area (Å²) >= 11 is 0. The second kappa shape index (κ2) is 15.9. The minimum Gasteiger partial charge on any atom is -0.429 e. The molecule has 0 heterocycles. The van der Waals surface area contributed by atoms with Crippen molar-refractivity contribution in [3.8, 4) is 0 Å². The molecule has 0 radical (unpaired) electrons. The summed E-state index contributed by atoms with van der Waals surface area (Å²) in [7, 11) is -14.5. The molecule has 0 aliphatic carbocycles. The zero-order valence-electron chi connectivity index (χ0n) is 30.2. The average Bonchev–Trinajstić information content (AvgIpc) is 3.12. The van der Waals surface area contributed by atoms with Crippen molar-refractivity contribution in [2.24, 2.45) is 0 Å². The topological polar surface area (TPSA) is 36.9 Å². The van der Waals surface area contributed by atoms with Crippen LogP contribution in [0.25, 0.3) is 0 Å². The van der Waals surface area contributed by atoms with Gasteiger partial charge in [-0.3, -0.25) is 0 Å². The maximum absolute atomic E-state index is 7.77. The summed E-state index contributed by atoms with van der Waals surface area (Å²) in [5, 5.41) is 5.82. The molecule has 5 aromatic rings. The lowest BCUT2D eigenvalue weighted by atomic mass is 10.4. The fraction of sp³-hybridized carbons (Fsp3) is 0.250. The molecule has 4 nitrogen and oxygen atoms in total. The maximum atomic E-state index is 7.77. The van der Waals surface area contributed by atoms with Crippen LogP contribution >= 0.6 is 0 Å². The van der Waals surface area contributed by atoms with Gasteiger partial charge in [-0.2, -0.15) is 0 Å². The Hall–Kier alpha value is -2.98. The predicted octanol–water partition coefficient (Wildman–Crippen LogP) is 7.39. The van der Waals surface area contributed by atoms with Crippen LogP contribution in [0, 0.1) is 0 Å². The lowest BCUT2D eigenvalue weighted by Crippen LogP contribution is -2.72. The molecule has 0 aromatic heterocycles. The molecule has 9 heteroatoms. The van der Waals surface area contributed by atoms with E-state index in [1.54, 1.807) is 0 Å². The third-order valence-corrected chi connectivity index (χ3v) is 31.3. The lowest BCUT2D eigenvalue weighted by molar-refractivity contribution is 0.313. The molecule has 4 atom stereocenters. The minimum atomic E-state index is -3.28. The molecule has 0 fully saturated rings. The number of unbranched alkanes of at least 4 members (excludes halogenated alkanes) is 1. The number of hydrogen-bond acceptors (Lipinski definition) is 4. The SMILES string of the molecule is CCCC[Si](C)(O[Si](C)(O[Si](C)(O[Si](C)(O[Si](C)(C)c1ccccc1)c1ccccc1)c1ccccc1)c1ccccc1)c1ccccc1. The van der Waals surface area contributed by atoms with Crippen LogP contribution in [0.5, 0.6) is 0 Å². The van der Waals surface area contributed by atoms with Gasteiger partial charge in [-0.15, -0.1) is 0 Å². The van der Waals surface area contributed by atoms with E-state index < -0.39 is 42.3 Å². The van der Waals surface area contributed by atoms with Crippen molar-refractivity contribution in [2.75, 3.05) is 0 Å². The van der Waals surface area contributed by atoms with Gasteiger partial charge in [0.05, 0.1) is 0 Å². The molecular formula is C40H52O4Si5. The summed E-state index contributed by atoms with van der Waals surface area (Å²) in [5.74, 6) is 0. The van der Waals surface area contributed by atoms with E-state index in [1.807, 2.05) is 0 Å². The number of hydrogen-bond donors (Lipinski definition) is 0. The summed E-state index contributed by atoms with van der Waals surface area (Å²) in [6.07, 6.45) is 2.22. The van der Waals surface area contributed by atoms with Gasteiger partial charge in [-0.1, -0.05) is 171 Å². The van der Waals surface area contributed by atoms with Crippen molar-refractivity contribution in [2.45, 2.75) is 65.1 Å². The molecule has 0 spiro atoms. The standard InChI is InChI=1S/C40H52O4Si5/c1-8-9-35-46(4,37-27-17-11-18-28-37)42-48(6,39-31-21-13-22-32-39)44-49(7,40-33-23-14-24-34-40)43-47(5,38-29-19-12-20-30-38)41-45(2,3)36-25-15-10-16-26-36/h10-34H,8-9,35H2,1-7H3. The Morgan fingerprint density at radius 3 is 1.04 bits per heavy atom. The van der Waals surface area contributed by atoms with Gasteiger partial charge >= 0.3 is 25.7 Å². The first-order chi connectivity index (χ1) is 23.4. The van der Waals surface area contributed by atoms with Crippen LogP contribution in [-0.4, -0.2) is 42.3 Å². The van der Waals surface area contributed by atoms with E-state index in [-0.39, 0.29) is 0 Å². The third-order valence-electron chi connectivity index (χ3n) is 9.40. The summed E-state index contributed by atoms with van der Waals surface area (Å²) in [6.45, 7) is 15.8. The fourth-order valence-electron chi connectivity index (χ4n) is 6.76. The number of rotatable bonds is 16. The molecular weight excluding hydrogens is 685 g/mol. The van der Waals surface area contributed by atoms with Gasteiger partial charge < -0.3 is 16.5 Å². The molecule has 49 heavy (non-hydrogen) atoms. The van der Waals surface area contributed by atoms with E-state index >= 15 is 0 Å². The van der Waals surface area contributed by atoms with Crippen LogP contribution in [0.15, 0.2) is 152 Å². The smallest absolute Gasteiger partial charge is 0.352 e. The molecule has 256 valence electrons. The van der Waals surface area contributed by atoms with E-state index in [9.17, 15) is 0 Å². The van der Waals surface area contributed by atoms with Gasteiger partial charge in [-0.05, 0) is 71.3 Å². The van der Waals surface area contributed by atoms with Crippen LogP contribution in [0.2, 0.25) is 45.3 Å². The van der Waals surface area contributed by atoms with Crippen LogP contribution in [-0.2, 0) is 16.5 Å². The van der Waals surface area contributed by atoms with Gasteiger partial charge in [0.25, 0.3) is 0 Å². The monoisotopic (exact) mass is 736 g/mol. The molecule has 0 saturated heterocycles. The lowest BCUT2D eigenvalue weighted by Gasteiger charge is -2.46. The van der Waals surface area contributed by atoms with E-state index in [0.29, 0.717) is 0 Å². The molecule has 0 amide bonds. The van der Waals surface area contributed by atoms with Gasteiger partial charge in [0, 0.05) is 0 Å². The zero-order valence-corrected chi connectivity index (χ0v) is 35.2. The maximum Gasteiger partial charge on any atom is 0.352 e. The van der Waals surface area contributed by atoms with Crippen LogP contribution < -0.4 is 25.9 Å². The van der Waals surface area contributed by atoms with E-state index in [1.165, 1.54) is 10.4 Å². The Morgan fingerprint density at radius 1 is 0.367 bits per heavy atom.